The molecule has 0 saturated carbocycles. The Bertz CT molecular complexity index is 300. The first-order valence-corrected chi connectivity index (χ1v) is 7.24. The minimum Gasteiger partial charge on any atom is -0.497 e. The first-order chi connectivity index (χ1) is 8.60. The second-order valence-corrected chi connectivity index (χ2v) is 4.89. The summed E-state index contributed by atoms with van der Waals surface area (Å²) in [6, 6.07) is 8.52. The highest BCUT2D eigenvalue weighted by Gasteiger charge is 2.20. The predicted octanol–water partition coefficient (Wildman–Crippen LogP) is 5.51. The summed E-state index contributed by atoms with van der Waals surface area (Å²) in [6.45, 7) is 13.2. The average molecular weight is 250 g/mol. The topological polar surface area (TPSA) is 9.23 Å². The van der Waals surface area contributed by atoms with Crippen LogP contribution >= 0.6 is 0 Å². The van der Waals surface area contributed by atoms with Gasteiger partial charge in [-0.05, 0) is 41.9 Å². The van der Waals surface area contributed by atoms with Gasteiger partial charge >= 0.3 is 0 Å². The van der Waals surface area contributed by atoms with Crippen LogP contribution in [0.1, 0.15) is 59.4 Å². The molecule has 1 aromatic rings. The summed E-state index contributed by atoms with van der Waals surface area (Å²) >= 11 is 0. The number of ether oxygens (including phenoxy) is 1. The molecule has 0 N–H and O–H groups in total. The minimum atomic E-state index is 0.658. The highest BCUT2D eigenvalue weighted by Crippen LogP contribution is 2.33. The minimum absolute atomic E-state index is 0.658. The number of methoxy groups -OCH3 is 1. The van der Waals surface area contributed by atoms with Crippen LogP contribution in [-0.4, -0.2) is 7.11 Å². The van der Waals surface area contributed by atoms with Crippen LogP contribution in [0, 0.1) is 11.8 Å². The zero-order valence-corrected chi connectivity index (χ0v) is 13.2. The summed E-state index contributed by atoms with van der Waals surface area (Å²) in [4.78, 5) is 0. The van der Waals surface area contributed by atoms with Crippen molar-refractivity contribution in [3.63, 3.8) is 0 Å². The van der Waals surface area contributed by atoms with Gasteiger partial charge < -0.3 is 4.74 Å². The van der Waals surface area contributed by atoms with Crippen LogP contribution in [-0.2, 0) is 0 Å². The smallest absolute Gasteiger partial charge is 0.118 e. The van der Waals surface area contributed by atoms with Gasteiger partial charge in [0.2, 0.25) is 0 Å². The predicted molar refractivity (Wildman–Crippen MR) is 81.4 cm³/mol. The van der Waals surface area contributed by atoms with E-state index in [-0.39, 0.29) is 0 Å². The van der Waals surface area contributed by atoms with Gasteiger partial charge in [0.15, 0.2) is 0 Å². The second-order valence-electron chi connectivity index (χ2n) is 4.89. The molecule has 0 saturated heterocycles. The van der Waals surface area contributed by atoms with Gasteiger partial charge in [-0.15, -0.1) is 0 Å². The number of hydrogen-bond donors (Lipinski definition) is 0. The first-order valence-electron chi connectivity index (χ1n) is 7.24. The molecule has 1 nitrogen and oxygen atoms in total. The van der Waals surface area contributed by atoms with Gasteiger partial charge in [0.05, 0.1) is 7.11 Å². The molecular formula is C17H30O. The van der Waals surface area contributed by atoms with Crippen molar-refractivity contribution in [2.24, 2.45) is 11.8 Å². The third-order valence-corrected chi connectivity index (χ3v) is 3.67. The lowest BCUT2D eigenvalue weighted by Crippen LogP contribution is -2.14. The molecule has 0 spiro atoms. The molecule has 0 aromatic heterocycles. The zero-order valence-electron chi connectivity index (χ0n) is 13.2. The van der Waals surface area contributed by atoms with Gasteiger partial charge in [0, 0.05) is 0 Å². The normalized spacial score (nSPS) is 13.6. The van der Waals surface area contributed by atoms with Crippen LogP contribution in [0.3, 0.4) is 0 Å². The van der Waals surface area contributed by atoms with Crippen molar-refractivity contribution >= 4 is 0 Å². The van der Waals surface area contributed by atoms with E-state index >= 15 is 0 Å². The van der Waals surface area contributed by atoms with E-state index in [1.165, 1.54) is 12.0 Å². The Morgan fingerprint density at radius 2 is 1.50 bits per heavy atom. The lowest BCUT2D eigenvalue weighted by Gasteiger charge is -2.26. The quantitative estimate of drug-likeness (QED) is 0.669. The van der Waals surface area contributed by atoms with E-state index in [0.29, 0.717) is 5.92 Å². The SMILES string of the molecule is CC.CCC(c1ccc(OC)cc1)C(C)C(C)C. The Morgan fingerprint density at radius 3 is 1.83 bits per heavy atom. The van der Waals surface area contributed by atoms with Crippen molar-refractivity contribution < 1.29 is 4.74 Å². The average Bonchev–Trinajstić information content (AvgIpc) is 2.42. The highest BCUT2D eigenvalue weighted by molar-refractivity contribution is 5.29. The molecule has 1 heteroatoms. The summed E-state index contributed by atoms with van der Waals surface area (Å²) in [7, 11) is 1.71. The van der Waals surface area contributed by atoms with E-state index in [4.69, 9.17) is 4.74 Å². The maximum Gasteiger partial charge on any atom is 0.118 e. The van der Waals surface area contributed by atoms with Crippen molar-refractivity contribution in [3.8, 4) is 5.75 Å². The summed E-state index contributed by atoms with van der Waals surface area (Å²) < 4.78 is 5.19. The third kappa shape index (κ3) is 4.72. The molecule has 2 unspecified atom stereocenters. The van der Waals surface area contributed by atoms with Crippen molar-refractivity contribution in [1.82, 2.24) is 0 Å². The Labute approximate surface area is 114 Å². The number of rotatable bonds is 5. The van der Waals surface area contributed by atoms with Gasteiger partial charge in [-0.1, -0.05) is 53.7 Å². The van der Waals surface area contributed by atoms with Crippen LogP contribution < -0.4 is 4.74 Å². The fourth-order valence-corrected chi connectivity index (χ4v) is 2.23. The van der Waals surface area contributed by atoms with Crippen LogP contribution in [0.4, 0.5) is 0 Å². The van der Waals surface area contributed by atoms with Crippen LogP contribution in [0.15, 0.2) is 24.3 Å². The van der Waals surface area contributed by atoms with Gasteiger partial charge in [-0.2, -0.15) is 0 Å². The Balaban J connectivity index is 0.00000137. The maximum absolute atomic E-state index is 5.19. The van der Waals surface area contributed by atoms with E-state index < -0.39 is 0 Å². The lowest BCUT2D eigenvalue weighted by molar-refractivity contribution is 0.339. The monoisotopic (exact) mass is 250 g/mol. The van der Waals surface area contributed by atoms with Crippen molar-refractivity contribution in [3.05, 3.63) is 29.8 Å². The molecule has 0 aliphatic heterocycles. The summed E-state index contributed by atoms with van der Waals surface area (Å²) in [6.07, 6.45) is 1.20. The third-order valence-electron chi connectivity index (χ3n) is 3.67. The van der Waals surface area contributed by atoms with Crippen LogP contribution in [0.5, 0.6) is 5.75 Å². The van der Waals surface area contributed by atoms with Crippen LogP contribution in [0.25, 0.3) is 0 Å². The molecule has 0 aliphatic rings. The van der Waals surface area contributed by atoms with Crippen LogP contribution in [0.2, 0.25) is 0 Å². The van der Waals surface area contributed by atoms with E-state index in [0.717, 1.165) is 17.6 Å². The molecule has 104 valence electrons. The molecule has 0 bridgehead atoms. The molecule has 0 heterocycles. The molecule has 0 fully saturated rings. The highest BCUT2D eigenvalue weighted by atomic mass is 16.5. The lowest BCUT2D eigenvalue weighted by atomic mass is 9.79. The van der Waals surface area contributed by atoms with E-state index in [1.807, 2.05) is 13.8 Å². The van der Waals surface area contributed by atoms with Crippen molar-refractivity contribution in [1.29, 1.82) is 0 Å². The molecule has 0 aliphatic carbocycles. The first kappa shape index (κ1) is 17.0. The van der Waals surface area contributed by atoms with Crippen molar-refractivity contribution in [2.45, 2.75) is 53.9 Å². The van der Waals surface area contributed by atoms with E-state index in [2.05, 4.69) is 52.0 Å². The molecule has 18 heavy (non-hydrogen) atoms. The summed E-state index contributed by atoms with van der Waals surface area (Å²) in [5.41, 5.74) is 1.43. The number of benzene rings is 1. The van der Waals surface area contributed by atoms with Gasteiger partial charge in [0.1, 0.15) is 5.75 Å². The molecule has 0 radical (unpaired) electrons. The number of hydrogen-bond acceptors (Lipinski definition) is 1. The molecule has 0 amide bonds. The van der Waals surface area contributed by atoms with Gasteiger partial charge in [0.25, 0.3) is 0 Å². The fraction of sp³-hybridized carbons (Fsp3) is 0.647. The Morgan fingerprint density at radius 1 is 1.00 bits per heavy atom. The summed E-state index contributed by atoms with van der Waals surface area (Å²) in [5, 5.41) is 0. The standard InChI is InChI=1S/C15H24O.C2H6/c1-6-15(12(4)11(2)3)13-7-9-14(16-5)10-8-13;1-2/h7-12,15H,6H2,1-5H3;1-2H3. The van der Waals surface area contributed by atoms with Gasteiger partial charge in [-0.3, -0.25) is 0 Å². The molecule has 1 rings (SSSR count). The van der Waals surface area contributed by atoms with Gasteiger partial charge in [-0.25, -0.2) is 0 Å². The Hall–Kier alpha value is -0.980. The second kappa shape index (κ2) is 9.02. The molecule has 1 aromatic carbocycles. The summed E-state index contributed by atoms with van der Waals surface area (Å²) in [5.74, 6) is 3.05. The largest absolute Gasteiger partial charge is 0.497 e. The molecule has 2 atom stereocenters. The van der Waals surface area contributed by atoms with Crippen molar-refractivity contribution in [2.75, 3.05) is 7.11 Å². The van der Waals surface area contributed by atoms with E-state index in [9.17, 15) is 0 Å². The van der Waals surface area contributed by atoms with E-state index in [1.54, 1.807) is 7.11 Å². The molecular weight excluding hydrogens is 220 g/mol. The fourth-order valence-electron chi connectivity index (χ4n) is 2.23. The Kier molecular flexibility index (Phi) is 8.53. The maximum atomic E-state index is 5.19. The zero-order chi connectivity index (χ0) is 14.1.